The van der Waals surface area contributed by atoms with Crippen molar-refractivity contribution in [2.75, 3.05) is 31.2 Å². The Bertz CT molecular complexity index is 967. The zero-order valence-electron chi connectivity index (χ0n) is 24.0. The van der Waals surface area contributed by atoms with E-state index in [4.69, 9.17) is 23.0 Å². The highest BCUT2D eigenvalue weighted by Crippen LogP contribution is 2.46. The minimum absolute atomic E-state index is 0.254. The van der Waals surface area contributed by atoms with E-state index < -0.39 is 22.2 Å². The van der Waals surface area contributed by atoms with E-state index in [0.717, 1.165) is 79.9 Å². The summed E-state index contributed by atoms with van der Waals surface area (Å²) >= 11 is 0. The summed E-state index contributed by atoms with van der Waals surface area (Å²) in [6, 6.07) is 13.9. The number of hydrogen-bond acceptors (Lipinski definition) is 6. The summed E-state index contributed by atoms with van der Waals surface area (Å²) in [7, 11) is -3.81. The van der Waals surface area contributed by atoms with Gasteiger partial charge in [-0.2, -0.15) is 0 Å². The van der Waals surface area contributed by atoms with Crippen LogP contribution in [0.1, 0.15) is 76.1 Å². The molecular formula is C29H48N2O4Si2. The van der Waals surface area contributed by atoms with Crippen LogP contribution in [-0.4, -0.2) is 47.9 Å². The third kappa shape index (κ3) is 6.58. The Morgan fingerprint density at radius 1 is 0.946 bits per heavy atom. The monoisotopic (exact) mass is 544 g/mol. The van der Waals surface area contributed by atoms with Crippen LogP contribution in [0.4, 0.5) is 5.88 Å². The molecule has 0 bridgehead atoms. The first-order valence-electron chi connectivity index (χ1n) is 14.5. The second kappa shape index (κ2) is 12.2. The van der Waals surface area contributed by atoms with Crippen molar-refractivity contribution in [1.29, 1.82) is 0 Å². The van der Waals surface area contributed by atoms with Crippen LogP contribution in [0.3, 0.4) is 0 Å². The van der Waals surface area contributed by atoms with Crippen LogP contribution < -0.4 is 4.90 Å². The van der Waals surface area contributed by atoms with Gasteiger partial charge in [-0.05, 0) is 56.2 Å². The zero-order valence-corrected chi connectivity index (χ0v) is 26.0. The highest BCUT2D eigenvalue weighted by molar-refractivity contribution is 6.73. The molecule has 2 heterocycles. The van der Waals surface area contributed by atoms with Crippen LogP contribution in [0.25, 0.3) is 0 Å². The number of oxazole rings is 1. The molecule has 1 aromatic carbocycles. The fourth-order valence-corrected chi connectivity index (χ4v) is 10.1. The number of nitrogens with zero attached hydrogens (tertiary/aromatic N) is 2. The molecular weight excluding hydrogens is 497 g/mol. The molecule has 2 fully saturated rings. The Kier molecular flexibility index (Phi) is 9.38. The van der Waals surface area contributed by atoms with Gasteiger partial charge < -0.3 is 22.9 Å². The maximum Gasteiger partial charge on any atom is 0.228 e. The van der Waals surface area contributed by atoms with Crippen molar-refractivity contribution >= 4 is 22.5 Å². The molecule has 6 nitrogen and oxygen atoms in total. The molecule has 8 heteroatoms. The quantitative estimate of drug-likeness (QED) is 0.271. The summed E-state index contributed by atoms with van der Waals surface area (Å²) in [5, 5.41) is 0. The van der Waals surface area contributed by atoms with E-state index in [9.17, 15) is 0 Å². The van der Waals surface area contributed by atoms with E-state index >= 15 is 0 Å². The summed E-state index contributed by atoms with van der Waals surface area (Å²) in [6.45, 7) is 16.7. The topological polar surface area (TPSA) is 57.0 Å². The lowest BCUT2D eigenvalue weighted by Crippen LogP contribution is -2.42. The van der Waals surface area contributed by atoms with Crippen molar-refractivity contribution in [2.24, 2.45) is 0 Å². The summed E-state index contributed by atoms with van der Waals surface area (Å²) < 4.78 is 26.8. The number of morpholine rings is 1. The average Bonchev–Trinajstić information content (AvgIpc) is 3.37. The van der Waals surface area contributed by atoms with Gasteiger partial charge in [0.1, 0.15) is 17.4 Å². The average molecular weight is 545 g/mol. The van der Waals surface area contributed by atoms with Crippen molar-refractivity contribution in [2.45, 2.75) is 102 Å². The lowest BCUT2D eigenvalue weighted by Gasteiger charge is -2.39. The number of aromatic nitrogens is 1. The lowest BCUT2D eigenvalue weighted by atomic mass is 9.85. The van der Waals surface area contributed by atoms with E-state index in [0.29, 0.717) is 13.2 Å². The highest BCUT2D eigenvalue weighted by Gasteiger charge is 2.45. The second-order valence-electron chi connectivity index (χ2n) is 11.7. The van der Waals surface area contributed by atoms with Crippen molar-refractivity contribution in [3.05, 3.63) is 47.5 Å². The molecule has 1 aromatic heterocycles. The summed E-state index contributed by atoms with van der Waals surface area (Å²) in [4.78, 5) is 7.69. The molecule has 1 unspecified atom stereocenters. The van der Waals surface area contributed by atoms with Gasteiger partial charge in [0, 0.05) is 13.1 Å². The van der Waals surface area contributed by atoms with Gasteiger partial charge in [0.15, 0.2) is 16.6 Å². The molecule has 37 heavy (non-hydrogen) atoms. The first-order valence-corrected chi connectivity index (χ1v) is 20.5. The number of rotatable bonds is 11. The van der Waals surface area contributed by atoms with Gasteiger partial charge in [0.05, 0.1) is 13.2 Å². The van der Waals surface area contributed by atoms with Gasteiger partial charge in [0.25, 0.3) is 0 Å². The van der Waals surface area contributed by atoms with Crippen molar-refractivity contribution in [3.63, 3.8) is 0 Å². The van der Waals surface area contributed by atoms with E-state index in [-0.39, 0.29) is 6.10 Å². The molecule has 1 aliphatic carbocycles. The SMILES string of the molecule is CC[Si](CC)(CC)OC(c1ccccc1)c1nc(C2(O[Si](C)(C)C)CCCCC2)oc1N1CCOCC1. The molecule has 1 saturated carbocycles. The van der Waals surface area contributed by atoms with Crippen molar-refractivity contribution < 1.29 is 18.0 Å². The highest BCUT2D eigenvalue weighted by atomic mass is 28.4. The van der Waals surface area contributed by atoms with E-state index in [1.165, 1.54) is 6.42 Å². The van der Waals surface area contributed by atoms with Crippen molar-refractivity contribution in [3.8, 4) is 0 Å². The largest absolute Gasteiger partial charge is 0.422 e. The molecule has 2 aromatic rings. The molecule has 4 rings (SSSR count). The standard InChI is InChI=1S/C29H48N2O4Si2/c1-7-37(8-2,9-3)34-26(24-16-12-10-13-17-24)25-27(31-20-22-32-23-21-31)33-28(30-25)29(35-36(4,5)6)18-14-11-15-19-29/h10,12-13,16-17,26H,7-9,11,14-15,18-23H2,1-6H3. The summed E-state index contributed by atoms with van der Waals surface area (Å²) in [5.74, 6) is 1.61. The molecule has 1 aliphatic heterocycles. The molecule has 0 radical (unpaired) electrons. The van der Waals surface area contributed by atoms with Gasteiger partial charge >= 0.3 is 0 Å². The number of ether oxygens (including phenoxy) is 1. The molecule has 1 saturated heterocycles. The fraction of sp³-hybridized carbons (Fsp3) is 0.690. The summed E-state index contributed by atoms with van der Waals surface area (Å²) in [6.07, 6.45) is 5.21. The Labute approximate surface area is 226 Å². The Morgan fingerprint density at radius 3 is 2.14 bits per heavy atom. The molecule has 0 N–H and O–H groups in total. The summed E-state index contributed by atoms with van der Waals surface area (Å²) in [5.41, 5.74) is 1.62. The van der Waals surface area contributed by atoms with Crippen LogP contribution in [0, 0.1) is 0 Å². The van der Waals surface area contributed by atoms with Gasteiger partial charge in [-0.1, -0.05) is 70.4 Å². The Balaban J connectivity index is 1.87. The van der Waals surface area contributed by atoms with Gasteiger partial charge in [-0.25, -0.2) is 4.98 Å². The predicted octanol–water partition coefficient (Wildman–Crippen LogP) is 7.63. The van der Waals surface area contributed by atoms with Crippen LogP contribution in [0.15, 0.2) is 34.7 Å². The maximum absolute atomic E-state index is 7.25. The second-order valence-corrected chi connectivity index (χ2v) is 20.9. The van der Waals surface area contributed by atoms with Crippen LogP contribution in [0.2, 0.25) is 37.8 Å². The third-order valence-electron chi connectivity index (χ3n) is 8.14. The first kappa shape index (κ1) is 28.5. The molecule has 2 aliphatic rings. The number of anilines is 1. The minimum atomic E-state index is -1.95. The zero-order chi connectivity index (χ0) is 26.5. The van der Waals surface area contributed by atoms with Crippen LogP contribution in [-0.2, 0) is 19.2 Å². The van der Waals surface area contributed by atoms with E-state index in [1.54, 1.807) is 0 Å². The smallest absolute Gasteiger partial charge is 0.228 e. The van der Waals surface area contributed by atoms with Crippen LogP contribution in [0.5, 0.6) is 0 Å². The Hall–Kier alpha value is -1.46. The maximum atomic E-state index is 7.25. The molecule has 206 valence electrons. The van der Waals surface area contributed by atoms with Gasteiger partial charge in [0.2, 0.25) is 11.8 Å². The molecule has 0 amide bonds. The minimum Gasteiger partial charge on any atom is -0.422 e. The number of hydrogen-bond donors (Lipinski definition) is 0. The van der Waals surface area contributed by atoms with Crippen LogP contribution >= 0.6 is 0 Å². The lowest BCUT2D eigenvalue weighted by molar-refractivity contribution is -0.00626. The van der Waals surface area contributed by atoms with Gasteiger partial charge in [-0.3, -0.25) is 0 Å². The molecule has 1 atom stereocenters. The van der Waals surface area contributed by atoms with Crippen molar-refractivity contribution in [1.82, 2.24) is 4.98 Å². The molecule has 0 spiro atoms. The predicted molar refractivity (Wildman–Crippen MR) is 155 cm³/mol. The normalized spacial score (nSPS) is 19.7. The van der Waals surface area contributed by atoms with E-state index in [2.05, 4.69) is 75.6 Å². The first-order chi connectivity index (χ1) is 17.7. The third-order valence-corrected chi connectivity index (χ3v) is 13.7. The van der Waals surface area contributed by atoms with Gasteiger partial charge in [-0.15, -0.1) is 0 Å². The Morgan fingerprint density at radius 2 is 1.57 bits per heavy atom. The fourth-order valence-electron chi connectivity index (χ4n) is 5.91. The number of benzene rings is 1. The van der Waals surface area contributed by atoms with E-state index in [1.807, 2.05) is 0 Å².